The molecule has 0 aliphatic carbocycles. The Morgan fingerprint density at radius 1 is 1.10 bits per heavy atom. The van der Waals surface area contributed by atoms with Crippen LogP contribution in [0.25, 0.3) is 0 Å². The lowest BCUT2D eigenvalue weighted by Crippen LogP contribution is -2.42. The van der Waals surface area contributed by atoms with Crippen molar-refractivity contribution in [1.29, 1.82) is 0 Å². The molecular formula is C24H28N2O5. The zero-order valence-electron chi connectivity index (χ0n) is 18.1. The molecule has 2 aromatic rings. The normalized spacial score (nSPS) is 20.5. The predicted molar refractivity (Wildman–Crippen MR) is 115 cm³/mol. The third kappa shape index (κ3) is 4.93. The summed E-state index contributed by atoms with van der Waals surface area (Å²) in [6.45, 7) is 6.88. The van der Waals surface area contributed by atoms with Crippen molar-refractivity contribution in [3.8, 4) is 11.5 Å². The minimum atomic E-state index is -0.622. The highest BCUT2D eigenvalue weighted by molar-refractivity contribution is 5.82. The van der Waals surface area contributed by atoms with E-state index in [1.54, 1.807) is 0 Å². The van der Waals surface area contributed by atoms with Crippen LogP contribution in [0, 0.1) is 0 Å². The molecule has 2 atom stereocenters. The molecule has 7 heteroatoms. The van der Waals surface area contributed by atoms with Gasteiger partial charge >= 0.3 is 6.09 Å². The van der Waals surface area contributed by atoms with Crippen LogP contribution in [0.3, 0.4) is 0 Å². The molecule has 0 bridgehead atoms. The van der Waals surface area contributed by atoms with Crippen molar-refractivity contribution in [3.05, 3.63) is 59.7 Å². The molecule has 2 heterocycles. The van der Waals surface area contributed by atoms with Crippen molar-refractivity contribution in [2.45, 2.75) is 51.4 Å². The third-order valence-corrected chi connectivity index (χ3v) is 5.24. The van der Waals surface area contributed by atoms with Crippen molar-refractivity contribution in [2.75, 3.05) is 13.2 Å². The maximum Gasteiger partial charge on any atom is 0.407 e. The highest BCUT2D eigenvalue weighted by Crippen LogP contribution is 2.39. The van der Waals surface area contributed by atoms with Crippen LogP contribution in [0.5, 0.6) is 11.5 Å². The summed E-state index contributed by atoms with van der Waals surface area (Å²) in [6, 6.07) is 14.7. The Labute approximate surface area is 182 Å². The molecule has 0 radical (unpaired) electrons. The van der Waals surface area contributed by atoms with Gasteiger partial charge in [0.25, 0.3) is 0 Å². The number of ether oxygens (including phenoxy) is 3. The molecule has 7 nitrogen and oxygen atoms in total. The van der Waals surface area contributed by atoms with Gasteiger partial charge in [0.05, 0.1) is 12.1 Å². The fourth-order valence-electron chi connectivity index (χ4n) is 4.00. The van der Waals surface area contributed by atoms with E-state index in [4.69, 9.17) is 14.2 Å². The summed E-state index contributed by atoms with van der Waals surface area (Å²) in [4.78, 5) is 27.3. The van der Waals surface area contributed by atoms with E-state index in [0.717, 1.165) is 11.1 Å². The van der Waals surface area contributed by atoms with Crippen LogP contribution >= 0.6 is 0 Å². The first-order valence-corrected chi connectivity index (χ1v) is 10.5. The highest BCUT2D eigenvalue weighted by Gasteiger charge is 2.42. The average Bonchev–Trinajstić information content (AvgIpc) is 3.01. The number of hydrogen-bond donors (Lipinski definition) is 1. The SMILES string of the molecule is CC(C)(C)OC(=O)N[C@H]1CC(=O)N(Cc2ccccc2)C1c1ccc2c(c1)OCCO2. The van der Waals surface area contributed by atoms with E-state index in [-0.39, 0.29) is 18.4 Å². The van der Waals surface area contributed by atoms with Crippen molar-refractivity contribution in [1.82, 2.24) is 10.2 Å². The zero-order valence-corrected chi connectivity index (χ0v) is 18.1. The molecule has 2 aliphatic heterocycles. The number of nitrogens with one attached hydrogen (secondary N) is 1. The standard InChI is InChI=1S/C24H28N2O5/c1-24(2,3)31-23(28)25-18-14-21(27)26(15-16-7-5-4-6-8-16)22(18)17-9-10-19-20(13-17)30-12-11-29-19/h4-10,13,18,22H,11-12,14-15H2,1-3H3,(H,25,28)/t18-,22?/m0/s1. The van der Waals surface area contributed by atoms with E-state index in [0.29, 0.717) is 31.3 Å². The number of rotatable bonds is 4. The molecule has 1 saturated heterocycles. The lowest BCUT2D eigenvalue weighted by atomic mass is 9.99. The second kappa shape index (κ2) is 8.49. The molecule has 0 spiro atoms. The van der Waals surface area contributed by atoms with Gasteiger partial charge < -0.3 is 24.4 Å². The number of likely N-dealkylation sites (tertiary alicyclic amines) is 1. The van der Waals surface area contributed by atoms with Crippen molar-refractivity contribution in [2.24, 2.45) is 0 Å². The molecule has 2 aliphatic rings. The Balaban J connectivity index is 1.64. The Morgan fingerprint density at radius 2 is 1.81 bits per heavy atom. The van der Waals surface area contributed by atoms with Crippen LogP contribution in [-0.4, -0.2) is 41.8 Å². The second-order valence-electron chi connectivity index (χ2n) is 8.81. The summed E-state index contributed by atoms with van der Waals surface area (Å²) in [5.74, 6) is 1.31. The maximum absolute atomic E-state index is 13.0. The van der Waals surface area contributed by atoms with Crippen LogP contribution in [-0.2, 0) is 16.1 Å². The summed E-state index contributed by atoms with van der Waals surface area (Å²) in [7, 11) is 0. The van der Waals surface area contributed by atoms with Gasteiger partial charge in [-0.05, 0) is 44.0 Å². The van der Waals surface area contributed by atoms with Gasteiger partial charge in [-0.15, -0.1) is 0 Å². The summed E-state index contributed by atoms with van der Waals surface area (Å²) in [5.41, 5.74) is 1.28. The largest absolute Gasteiger partial charge is 0.486 e. The van der Waals surface area contributed by atoms with Crippen LogP contribution in [0.15, 0.2) is 48.5 Å². The molecule has 4 rings (SSSR count). The summed E-state index contributed by atoms with van der Waals surface area (Å²) < 4.78 is 16.8. The van der Waals surface area contributed by atoms with Crippen LogP contribution in [0.1, 0.15) is 44.4 Å². The Hall–Kier alpha value is -3.22. The van der Waals surface area contributed by atoms with E-state index in [9.17, 15) is 9.59 Å². The molecule has 1 N–H and O–H groups in total. The molecule has 31 heavy (non-hydrogen) atoms. The van der Waals surface area contributed by atoms with Crippen LogP contribution in [0.2, 0.25) is 0 Å². The summed E-state index contributed by atoms with van der Waals surface area (Å²) in [6.07, 6.45) is -0.333. The van der Waals surface area contributed by atoms with Crippen molar-refractivity contribution >= 4 is 12.0 Å². The predicted octanol–water partition coefficient (Wildman–Crippen LogP) is 3.82. The number of carbonyl (C=O) groups is 2. The van der Waals surface area contributed by atoms with Crippen LogP contribution < -0.4 is 14.8 Å². The highest BCUT2D eigenvalue weighted by atomic mass is 16.6. The number of hydrogen-bond acceptors (Lipinski definition) is 5. The van der Waals surface area contributed by atoms with Gasteiger partial charge in [0.2, 0.25) is 5.91 Å². The topological polar surface area (TPSA) is 77.1 Å². The first-order valence-electron chi connectivity index (χ1n) is 10.5. The summed E-state index contributed by atoms with van der Waals surface area (Å²) in [5, 5.41) is 2.91. The molecule has 164 valence electrons. The van der Waals surface area contributed by atoms with Gasteiger partial charge in [0.15, 0.2) is 11.5 Å². The first-order chi connectivity index (χ1) is 14.8. The molecule has 1 fully saturated rings. The quantitative estimate of drug-likeness (QED) is 0.807. The van der Waals surface area contributed by atoms with Gasteiger partial charge in [0, 0.05) is 13.0 Å². The summed E-state index contributed by atoms with van der Waals surface area (Å²) >= 11 is 0. The number of amides is 2. The fraction of sp³-hybridized carbons (Fsp3) is 0.417. The molecule has 2 aromatic carbocycles. The van der Waals surface area contributed by atoms with Gasteiger partial charge in [-0.2, -0.15) is 0 Å². The van der Waals surface area contributed by atoms with E-state index in [1.165, 1.54) is 0 Å². The molecular weight excluding hydrogens is 396 g/mol. The molecule has 1 unspecified atom stereocenters. The minimum absolute atomic E-state index is 0.0233. The number of alkyl carbamates (subject to hydrolysis) is 1. The van der Waals surface area contributed by atoms with Crippen molar-refractivity contribution in [3.63, 3.8) is 0 Å². The zero-order chi connectivity index (χ0) is 22.0. The lowest BCUT2D eigenvalue weighted by Gasteiger charge is -2.30. The first kappa shape index (κ1) is 21.0. The molecule has 2 amide bonds. The number of carbonyl (C=O) groups excluding carboxylic acids is 2. The number of fused-ring (bicyclic) bond motifs is 1. The number of benzene rings is 2. The smallest absolute Gasteiger partial charge is 0.407 e. The Morgan fingerprint density at radius 3 is 2.52 bits per heavy atom. The third-order valence-electron chi connectivity index (χ3n) is 5.24. The van der Waals surface area contributed by atoms with E-state index >= 15 is 0 Å². The second-order valence-corrected chi connectivity index (χ2v) is 8.81. The number of nitrogens with zero attached hydrogens (tertiary/aromatic N) is 1. The van der Waals surface area contributed by atoms with E-state index in [1.807, 2.05) is 74.2 Å². The fourth-order valence-corrected chi connectivity index (χ4v) is 4.00. The van der Waals surface area contributed by atoms with Gasteiger partial charge in [-0.25, -0.2) is 4.79 Å². The average molecular weight is 424 g/mol. The minimum Gasteiger partial charge on any atom is -0.486 e. The lowest BCUT2D eigenvalue weighted by molar-refractivity contribution is -0.129. The monoisotopic (exact) mass is 424 g/mol. The van der Waals surface area contributed by atoms with Crippen molar-refractivity contribution < 1.29 is 23.8 Å². The Bertz CT molecular complexity index is 954. The Kier molecular flexibility index (Phi) is 5.76. The van der Waals surface area contributed by atoms with Gasteiger partial charge in [-0.1, -0.05) is 36.4 Å². The van der Waals surface area contributed by atoms with E-state index < -0.39 is 17.7 Å². The molecule has 0 aromatic heterocycles. The van der Waals surface area contributed by atoms with Gasteiger partial charge in [0.1, 0.15) is 18.8 Å². The van der Waals surface area contributed by atoms with Crippen LogP contribution in [0.4, 0.5) is 4.79 Å². The van der Waals surface area contributed by atoms with E-state index in [2.05, 4.69) is 5.32 Å². The maximum atomic E-state index is 13.0. The van der Waals surface area contributed by atoms with Gasteiger partial charge in [-0.3, -0.25) is 4.79 Å². The molecule has 0 saturated carbocycles.